The molecule has 1 aromatic rings. The first kappa shape index (κ1) is 14.7. The second kappa shape index (κ2) is 9.64. The number of methoxy groups -OCH3 is 1. The number of hydrazine groups is 1. The summed E-state index contributed by atoms with van der Waals surface area (Å²) in [6.07, 6.45) is 2.06. The Hall–Kier alpha value is -1.37. The fourth-order valence-electron chi connectivity index (χ4n) is 1.40. The van der Waals surface area contributed by atoms with Gasteiger partial charge in [0.15, 0.2) is 0 Å². The van der Waals surface area contributed by atoms with Crippen molar-refractivity contribution in [3.63, 3.8) is 0 Å². The zero-order valence-corrected chi connectivity index (χ0v) is 10.8. The molecule has 6 nitrogen and oxygen atoms in total. The lowest BCUT2D eigenvalue weighted by Gasteiger charge is -2.07. The SMILES string of the molecule is COCCOCCCCNc1cccc(NN)n1. The van der Waals surface area contributed by atoms with E-state index >= 15 is 0 Å². The lowest BCUT2D eigenvalue weighted by Crippen LogP contribution is -2.10. The monoisotopic (exact) mass is 254 g/mol. The minimum atomic E-state index is 0.654. The summed E-state index contributed by atoms with van der Waals surface area (Å²) >= 11 is 0. The predicted molar refractivity (Wildman–Crippen MR) is 72.5 cm³/mol. The van der Waals surface area contributed by atoms with E-state index in [9.17, 15) is 0 Å². The molecular weight excluding hydrogens is 232 g/mol. The van der Waals surface area contributed by atoms with Crippen LogP contribution in [-0.4, -0.2) is 38.5 Å². The number of anilines is 2. The van der Waals surface area contributed by atoms with E-state index in [1.165, 1.54) is 0 Å². The van der Waals surface area contributed by atoms with Crippen LogP contribution >= 0.6 is 0 Å². The van der Waals surface area contributed by atoms with Gasteiger partial charge in [-0.15, -0.1) is 0 Å². The molecule has 0 saturated heterocycles. The van der Waals surface area contributed by atoms with E-state index in [4.69, 9.17) is 15.3 Å². The first-order chi connectivity index (χ1) is 8.86. The normalized spacial score (nSPS) is 10.3. The molecule has 0 unspecified atom stereocenters. The highest BCUT2D eigenvalue weighted by Crippen LogP contribution is 2.07. The third kappa shape index (κ3) is 6.39. The fraction of sp³-hybridized carbons (Fsp3) is 0.583. The molecule has 0 aliphatic rings. The van der Waals surface area contributed by atoms with Gasteiger partial charge in [-0.2, -0.15) is 0 Å². The molecule has 1 heterocycles. The number of rotatable bonds is 10. The van der Waals surface area contributed by atoms with E-state index in [0.717, 1.165) is 31.8 Å². The Bertz CT molecular complexity index is 323. The second-order valence-electron chi connectivity index (χ2n) is 3.79. The van der Waals surface area contributed by atoms with Crippen LogP contribution in [0, 0.1) is 0 Å². The first-order valence-corrected chi connectivity index (χ1v) is 6.11. The van der Waals surface area contributed by atoms with Crippen LogP contribution in [0.4, 0.5) is 11.6 Å². The molecule has 0 radical (unpaired) electrons. The van der Waals surface area contributed by atoms with Crippen molar-refractivity contribution in [2.45, 2.75) is 12.8 Å². The molecule has 6 heteroatoms. The molecule has 0 aromatic carbocycles. The zero-order valence-electron chi connectivity index (χ0n) is 10.8. The Morgan fingerprint density at radius 3 is 2.78 bits per heavy atom. The average Bonchev–Trinajstić information content (AvgIpc) is 2.42. The van der Waals surface area contributed by atoms with E-state index in [0.29, 0.717) is 19.0 Å². The maximum Gasteiger partial charge on any atom is 0.142 e. The van der Waals surface area contributed by atoms with Crippen LogP contribution in [0.15, 0.2) is 18.2 Å². The number of nitrogens with one attached hydrogen (secondary N) is 2. The number of hydrogen-bond donors (Lipinski definition) is 3. The summed E-state index contributed by atoms with van der Waals surface area (Å²) < 4.78 is 10.3. The van der Waals surface area contributed by atoms with Gasteiger partial charge in [0.05, 0.1) is 13.2 Å². The van der Waals surface area contributed by atoms with E-state index in [1.54, 1.807) is 7.11 Å². The van der Waals surface area contributed by atoms with Crippen molar-refractivity contribution in [3.8, 4) is 0 Å². The molecule has 0 fully saturated rings. The van der Waals surface area contributed by atoms with Crippen molar-refractivity contribution in [1.29, 1.82) is 0 Å². The molecule has 0 aliphatic heterocycles. The van der Waals surface area contributed by atoms with Gasteiger partial charge in [-0.3, -0.25) is 0 Å². The lowest BCUT2D eigenvalue weighted by molar-refractivity contribution is 0.0691. The maximum atomic E-state index is 5.37. The number of aromatic nitrogens is 1. The predicted octanol–water partition coefficient (Wildman–Crippen LogP) is 1.22. The van der Waals surface area contributed by atoms with Crippen LogP contribution in [0.25, 0.3) is 0 Å². The van der Waals surface area contributed by atoms with Gasteiger partial charge in [0, 0.05) is 20.3 Å². The van der Waals surface area contributed by atoms with Gasteiger partial charge in [0.2, 0.25) is 0 Å². The van der Waals surface area contributed by atoms with Gasteiger partial charge in [0.1, 0.15) is 11.6 Å². The van der Waals surface area contributed by atoms with Crippen molar-refractivity contribution in [2.75, 3.05) is 44.2 Å². The Balaban J connectivity index is 2.03. The number of nitrogens with two attached hydrogens (primary N) is 1. The van der Waals surface area contributed by atoms with Crippen molar-refractivity contribution in [3.05, 3.63) is 18.2 Å². The summed E-state index contributed by atoms with van der Waals surface area (Å²) in [4.78, 5) is 4.25. The minimum Gasteiger partial charge on any atom is -0.382 e. The van der Waals surface area contributed by atoms with Crippen molar-refractivity contribution >= 4 is 11.6 Å². The highest BCUT2D eigenvalue weighted by molar-refractivity contribution is 5.44. The molecule has 0 saturated carbocycles. The van der Waals surface area contributed by atoms with E-state index in [-0.39, 0.29) is 0 Å². The Kier molecular flexibility index (Phi) is 7.87. The van der Waals surface area contributed by atoms with E-state index in [2.05, 4.69) is 15.7 Å². The van der Waals surface area contributed by atoms with Crippen LogP contribution in [-0.2, 0) is 9.47 Å². The molecule has 18 heavy (non-hydrogen) atoms. The lowest BCUT2D eigenvalue weighted by atomic mass is 10.3. The Morgan fingerprint density at radius 1 is 1.17 bits per heavy atom. The number of nitrogens with zero attached hydrogens (tertiary/aromatic N) is 1. The maximum absolute atomic E-state index is 5.37. The number of pyridine rings is 1. The Morgan fingerprint density at radius 2 is 2.00 bits per heavy atom. The molecule has 0 spiro atoms. The highest BCUT2D eigenvalue weighted by Gasteiger charge is 1.95. The average molecular weight is 254 g/mol. The molecule has 102 valence electrons. The number of unbranched alkanes of at least 4 members (excludes halogenated alkanes) is 1. The van der Waals surface area contributed by atoms with Crippen LogP contribution < -0.4 is 16.6 Å². The summed E-state index contributed by atoms with van der Waals surface area (Å²) in [5.41, 5.74) is 2.51. The number of hydrogen-bond acceptors (Lipinski definition) is 6. The zero-order chi connectivity index (χ0) is 13.1. The van der Waals surface area contributed by atoms with Gasteiger partial charge < -0.3 is 20.2 Å². The highest BCUT2D eigenvalue weighted by atomic mass is 16.5. The van der Waals surface area contributed by atoms with Gasteiger partial charge in [0.25, 0.3) is 0 Å². The minimum absolute atomic E-state index is 0.654. The Labute approximate surface area is 108 Å². The van der Waals surface area contributed by atoms with E-state index < -0.39 is 0 Å². The summed E-state index contributed by atoms with van der Waals surface area (Å²) in [7, 11) is 1.67. The third-order valence-corrected chi connectivity index (χ3v) is 2.35. The van der Waals surface area contributed by atoms with Crippen molar-refractivity contribution < 1.29 is 9.47 Å². The van der Waals surface area contributed by atoms with Crippen LogP contribution in [0.5, 0.6) is 0 Å². The summed E-state index contributed by atoms with van der Waals surface area (Å²) in [6, 6.07) is 5.63. The largest absolute Gasteiger partial charge is 0.382 e. The molecular formula is C12H22N4O2. The molecule has 0 atom stereocenters. The molecule has 1 rings (SSSR count). The standard InChI is InChI=1S/C12H22N4O2/c1-17-9-10-18-8-3-2-7-14-11-5-4-6-12(15-11)16-13/h4-6H,2-3,7-10,13H2,1H3,(H2,14,15,16). The summed E-state index contributed by atoms with van der Waals surface area (Å²) in [6.45, 7) is 2.95. The molecule has 0 aliphatic carbocycles. The van der Waals surface area contributed by atoms with Gasteiger partial charge in [-0.05, 0) is 25.0 Å². The molecule has 4 N–H and O–H groups in total. The van der Waals surface area contributed by atoms with Crippen LogP contribution in [0.2, 0.25) is 0 Å². The van der Waals surface area contributed by atoms with Crippen molar-refractivity contribution in [2.24, 2.45) is 5.84 Å². The first-order valence-electron chi connectivity index (χ1n) is 6.11. The summed E-state index contributed by atoms with van der Waals surface area (Å²) in [5.74, 6) is 6.77. The third-order valence-electron chi connectivity index (χ3n) is 2.35. The van der Waals surface area contributed by atoms with Gasteiger partial charge in [-0.1, -0.05) is 6.07 Å². The quantitative estimate of drug-likeness (QED) is 0.331. The van der Waals surface area contributed by atoms with Gasteiger partial charge in [-0.25, -0.2) is 10.8 Å². The smallest absolute Gasteiger partial charge is 0.142 e. The molecule has 1 aromatic heterocycles. The topological polar surface area (TPSA) is 81.4 Å². The fourth-order valence-corrected chi connectivity index (χ4v) is 1.40. The molecule has 0 amide bonds. The number of ether oxygens (including phenoxy) is 2. The van der Waals surface area contributed by atoms with Crippen LogP contribution in [0.1, 0.15) is 12.8 Å². The number of nitrogen functional groups attached to an aromatic ring is 1. The van der Waals surface area contributed by atoms with E-state index in [1.807, 2.05) is 18.2 Å². The van der Waals surface area contributed by atoms with Crippen molar-refractivity contribution in [1.82, 2.24) is 4.98 Å². The van der Waals surface area contributed by atoms with Crippen LogP contribution in [0.3, 0.4) is 0 Å². The summed E-state index contributed by atoms with van der Waals surface area (Å²) in [5, 5.41) is 3.23. The second-order valence-corrected chi connectivity index (χ2v) is 3.79. The van der Waals surface area contributed by atoms with Gasteiger partial charge >= 0.3 is 0 Å². The molecule has 0 bridgehead atoms.